The zero-order chi connectivity index (χ0) is 20.2. The number of carbonyl (C=O) groups excluding carboxylic acids is 1. The van der Waals surface area contributed by atoms with E-state index in [1.165, 1.54) is 6.92 Å². The highest BCUT2D eigenvalue weighted by molar-refractivity contribution is 5.99. The molecule has 0 radical (unpaired) electrons. The lowest BCUT2D eigenvalue weighted by Gasteiger charge is -2.29. The number of hydrogen-bond donors (Lipinski definition) is 3. The second kappa shape index (κ2) is 8.36. The van der Waals surface area contributed by atoms with Gasteiger partial charge in [-0.1, -0.05) is 24.1 Å². The van der Waals surface area contributed by atoms with Gasteiger partial charge in [0.15, 0.2) is 5.78 Å². The molecule has 3 aromatic rings. The van der Waals surface area contributed by atoms with Crippen molar-refractivity contribution in [3.8, 4) is 5.69 Å². The third-order valence-electron chi connectivity index (χ3n) is 5.10. The van der Waals surface area contributed by atoms with Gasteiger partial charge in [-0.2, -0.15) is 4.98 Å². The van der Waals surface area contributed by atoms with Crippen molar-refractivity contribution in [3.63, 3.8) is 0 Å². The number of nitrogens with one attached hydrogen (secondary N) is 2. The molecule has 0 saturated heterocycles. The first-order valence-electron chi connectivity index (χ1n) is 9.74. The molecule has 1 aliphatic carbocycles. The maximum absolute atomic E-state index is 12.1. The van der Waals surface area contributed by atoms with Crippen LogP contribution >= 0.6 is 0 Å². The highest BCUT2D eigenvalue weighted by atomic mass is 16.1. The van der Waals surface area contributed by atoms with Crippen LogP contribution in [0.5, 0.6) is 0 Å². The maximum Gasteiger partial charge on any atom is 0.224 e. The normalized spacial score (nSPS) is 19.0. The maximum atomic E-state index is 12.1. The van der Waals surface area contributed by atoms with Gasteiger partial charge in [0.1, 0.15) is 5.82 Å². The number of hydrogen-bond acceptors (Lipinski definition) is 8. The molecule has 0 unspecified atom stereocenters. The molecule has 1 aromatic carbocycles. The molecule has 1 saturated carbocycles. The van der Waals surface area contributed by atoms with Crippen LogP contribution in [0.1, 0.15) is 43.0 Å². The van der Waals surface area contributed by atoms with E-state index in [1.54, 1.807) is 23.3 Å². The smallest absolute Gasteiger partial charge is 0.224 e. The van der Waals surface area contributed by atoms with Crippen LogP contribution in [0.4, 0.5) is 17.5 Å². The third kappa shape index (κ3) is 4.40. The fourth-order valence-corrected chi connectivity index (χ4v) is 3.52. The first kappa shape index (κ1) is 19.0. The van der Waals surface area contributed by atoms with E-state index in [1.807, 2.05) is 24.3 Å². The van der Waals surface area contributed by atoms with Crippen molar-refractivity contribution in [3.05, 3.63) is 48.4 Å². The average molecular weight is 392 g/mol. The zero-order valence-corrected chi connectivity index (χ0v) is 16.2. The lowest BCUT2D eigenvalue weighted by atomic mass is 9.91. The van der Waals surface area contributed by atoms with Crippen LogP contribution in [0.25, 0.3) is 5.69 Å². The van der Waals surface area contributed by atoms with E-state index in [4.69, 9.17) is 5.73 Å². The molecule has 1 aliphatic rings. The van der Waals surface area contributed by atoms with Crippen molar-refractivity contribution in [2.24, 2.45) is 5.73 Å². The summed E-state index contributed by atoms with van der Waals surface area (Å²) < 4.78 is 1.66. The van der Waals surface area contributed by atoms with Crippen LogP contribution < -0.4 is 16.4 Å². The Bertz CT molecular complexity index is 988. The summed E-state index contributed by atoms with van der Waals surface area (Å²) in [7, 11) is 0. The van der Waals surface area contributed by atoms with Gasteiger partial charge in [0.2, 0.25) is 5.95 Å². The summed E-state index contributed by atoms with van der Waals surface area (Å²) in [5, 5.41) is 14.4. The van der Waals surface area contributed by atoms with E-state index in [9.17, 15) is 4.79 Å². The average Bonchev–Trinajstić information content (AvgIpc) is 3.25. The molecule has 4 N–H and O–H groups in total. The zero-order valence-electron chi connectivity index (χ0n) is 16.2. The topological polar surface area (TPSA) is 124 Å². The molecule has 4 rings (SSSR count). The number of nitrogens with zero attached hydrogens (tertiary/aromatic N) is 5. The van der Waals surface area contributed by atoms with Crippen LogP contribution in [0.3, 0.4) is 0 Å². The Morgan fingerprint density at radius 2 is 2.14 bits per heavy atom. The molecule has 2 atom stereocenters. The van der Waals surface area contributed by atoms with Crippen molar-refractivity contribution >= 4 is 23.2 Å². The Balaban J connectivity index is 1.60. The number of anilines is 3. The lowest BCUT2D eigenvalue weighted by molar-refractivity contribution is 0.101. The first-order chi connectivity index (χ1) is 14.1. The second-order valence-corrected chi connectivity index (χ2v) is 7.23. The molecule has 0 bridgehead atoms. The van der Waals surface area contributed by atoms with Gasteiger partial charge >= 0.3 is 0 Å². The van der Waals surface area contributed by atoms with Crippen LogP contribution in [0.15, 0.2) is 42.9 Å². The summed E-state index contributed by atoms with van der Waals surface area (Å²) in [6.07, 6.45) is 9.20. The van der Waals surface area contributed by atoms with Crippen LogP contribution in [-0.2, 0) is 0 Å². The minimum Gasteiger partial charge on any atom is -0.350 e. The number of ketones is 1. The van der Waals surface area contributed by atoms with Gasteiger partial charge in [-0.25, -0.2) is 9.67 Å². The van der Waals surface area contributed by atoms with Crippen molar-refractivity contribution in [1.82, 2.24) is 25.0 Å². The number of nitrogens with two attached hydrogens (primary N) is 1. The minimum atomic E-state index is -0.110. The van der Waals surface area contributed by atoms with Crippen LogP contribution in [-0.4, -0.2) is 42.8 Å². The van der Waals surface area contributed by atoms with E-state index >= 15 is 0 Å². The summed E-state index contributed by atoms with van der Waals surface area (Å²) in [4.78, 5) is 21.0. The lowest BCUT2D eigenvalue weighted by Crippen LogP contribution is -2.43. The predicted molar refractivity (Wildman–Crippen MR) is 111 cm³/mol. The van der Waals surface area contributed by atoms with Gasteiger partial charge in [0.05, 0.1) is 23.6 Å². The van der Waals surface area contributed by atoms with Crippen molar-refractivity contribution < 1.29 is 4.79 Å². The van der Waals surface area contributed by atoms with Gasteiger partial charge in [0, 0.05) is 24.0 Å². The summed E-state index contributed by atoms with van der Waals surface area (Å²) in [6.45, 7) is 1.50. The Kier molecular flexibility index (Phi) is 5.48. The molecule has 1 fully saturated rings. The molecule has 0 amide bonds. The fraction of sp³-hybridized carbons (Fsp3) is 0.350. The summed E-state index contributed by atoms with van der Waals surface area (Å²) in [5.74, 6) is 0.809. The molecule has 29 heavy (non-hydrogen) atoms. The van der Waals surface area contributed by atoms with E-state index in [0.717, 1.165) is 37.1 Å². The molecule has 9 nitrogen and oxygen atoms in total. The minimum absolute atomic E-state index is 0.0793. The quantitative estimate of drug-likeness (QED) is 0.547. The number of Topliss-reactive ketones (excluding diaryl/α,β-unsaturated/α-hetero) is 1. The standard InChI is InChI=1S/C20H24N8O/c1-13(29)16-12-22-20(25-18-8-3-2-7-17(18)21)26-19(16)24-14-5-4-6-15(11-14)28-10-9-23-27-28/h4-6,9-12,17-18H,2-3,7-8,21H2,1H3,(H2,22,24,25,26)/t17-,18+/m0/s1. The van der Waals surface area contributed by atoms with E-state index in [-0.39, 0.29) is 17.9 Å². The van der Waals surface area contributed by atoms with Gasteiger partial charge in [-0.15, -0.1) is 5.10 Å². The monoisotopic (exact) mass is 392 g/mol. The van der Waals surface area contributed by atoms with E-state index < -0.39 is 0 Å². The Hall–Kier alpha value is -3.33. The molecule has 150 valence electrons. The first-order valence-corrected chi connectivity index (χ1v) is 9.74. The Morgan fingerprint density at radius 3 is 2.90 bits per heavy atom. The summed E-state index contributed by atoms with van der Waals surface area (Å²) >= 11 is 0. The molecule has 2 heterocycles. The third-order valence-corrected chi connectivity index (χ3v) is 5.10. The van der Waals surface area contributed by atoms with Crippen molar-refractivity contribution in [2.75, 3.05) is 10.6 Å². The van der Waals surface area contributed by atoms with E-state index in [0.29, 0.717) is 17.3 Å². The molecular formula is C20H24N8O. The summed E-state index contributed by atoms with van der Waals surface area (Å²) in [6, 6.07) is 7.84. The second-order valence-electron chi connectivity index (χ2n) is 7.23. The molecule has 0 spiro atoms. The van der Waals surface area contributed by atoms with Crippen molar-refractivity contribution in [1.29, 1.82) is 0 Å². The van der Waals surface area contributed by atoms with Crippen LogP contribution in [0.2, 0.25) is 0 Å². The number of carbonyl (C=O) groups is 1. The number of rotatable bonds is 6. The fourth-order valence-electron chi connectivity index (χ4n) is 3.52. The molecule has 2 aromatic heterocycles. The van der Waals surface area contributed by atoms with Crippen molar-refractivity contribution in [2.45, 2.75) is 44.7 Å². The van der Waals surface area contributed by atoms with E-state index in [2.05, 4.69) is 30.9 Å². The molecule has 9 heteroatoms. The van der Waals surface area contributed by atoms with Crippen LogP contribution in [0, 0.1) is 0 Å². The predicted octanol–water partition coefficient (Wildman–Crippen LogP) is 2.69. The molecule has 0 aliphatic heterocycles. The highest BCUT2D eigenvalue weighted by Crippen LogP contribution is 2.24. The summed E-state index contributed by atoms with van der Waals surface area (Å²) in [5.41, 5.74) is 8.28. The highest BCUT2D eigenvalue weighted by Gasteiger charge is 2.23. The Morgan fingerprint density at radius 1 is 1.28 bits per heavy atom. The van der Waals surface area contributed by atoms with Gasteiger partial charge in [-0.05, 0) is 38.0 Å². The van der Waals surface area contributed by atoms with Gasteiger partial charge in [-0.3, -0.25) is 4.79 Å². The van der Waals surface area contributed by atoms with Gasteiger partial charge < -0.3 is 16.4 Å². The Labute approximate surface area is 168 Å². The SMILES string of the molecule is CC(=O)c1cnc(N[C@@H]2CCCC[C@@H]2N)nc1Nc1cccc(-n2ccnn2)c1. The molecular weight excluding hydrogens is 368 g/mol. The number of benzene rings is 1. The largest absolute Gasteiger partial charge is 0.350 e. The van der Waals surface area contributed by atoms with Gasteiger partial charge in [0.25, 0.3) is 0 Å². The number of aromatic nitrogens is 5.